The molecule has 98 valence electrons. The van der Waals surface area contributed by atoms with Gasteiger partial charge in [0.25, 0.3) is 0 Å². The summed E-state index contributed by atoms with van der Waals surface area (Å²) >= 11 is 0. The van der Waals surface area contributed by atoms with Crippen molar-refractivity contribution in [3.8, 4) is 6.07 Å². The first-order valence-electron chi connectivity index (χ1n) is 6.94. The molecule has 4 atom stereocenters. The van der Waals surface area contributed by atoms with Crippen molar-refractivity contribution < 1.29 is 10.2 Å². The molecule has 0 bridgehead atoms. The molecular weight excluding hydrogens is 214 g/mol. The molecular formula is C14H25NO2. The predicted molar refractivity (Wildman–Crippen MR) is 67.2 cm³/mol. The highest BCUT2D eigenvalue weighted by Crippen LogP contribution is 2.35. The lowest BCUT2D eigenvalue weighted by Gasteiger charge is -2.19. The van der Waals surface area contributed by atoms with Crippen LogP contribution in [0.4, 0.5) is 0 Å². The van der Waals surface area contributed by atoms with Gasteiger partial charge in [-0.05, 0) is 32.1 Å². The number of unbranched alkanes of at least 4 members (excludes halogenated alkanes) is 2. The largest absolute Gasteiger partial charge is 0.393 e. The van der Waals surface area contributed by atoms with E-state index in [0.717, 1.165) is 38.5 Å². The van der Waals surface area contributed by atoms with Crippen LogP contribution in [0.15, 0.2) is 0 Å². The van der Waals surface area contributed by atoms with Crippen molar-refractivity contribution >= 4 is 0 Å². The smallest absolute Gasteiger partial charge is 0.0659 e. The molecule has 4 unspecified atom stereocenters. The number of nitrogens with zero attached hydrogens (tertiary/aromatic N) is 1. The number of rotatable bonds is 7. The van der Waals surface area contributed by atoms with Crippen molar-refractivity contribution in [3.05, 3.63) is 0 Å². The van der Waals surface area contributed by atoms with E-state index in [4.69, 9.17) is 5.26 Å². The van der Waals surface area contributed by atoms with Gasteiger partial charge in [-0.1, -0.05) is 26.2 Å². The van der Waals surface area contributed by atoms with Crippen LogP contribution < -0.4 is 0 Å². The zero-order chi connectivity index (χ0) is 12.7. The van der Waals surface area contributed by atoms with Crippen molar-refractivity contribution in [3.63, 3.8) is 0 Å². The third kappa shape index (κ3) is 4.65. The first-order chi connectivity index (χ1) is 8.19. The topological polar surface area (TPSA) is 64.2 Å². The third-order valence-corrected chi connectivity index (χ3v) is 3.92. The number of hydrogen-bond acceptors (Lipinski definition) is 3. The van der Waals surface area contributed by atoms with E-state index >= 15 is 0 Å². The predicted octanol–water partition coefficient (Wildman–Crippen LogP) is 2.62. The van der Waals surface area contributed by atoms with Gasteiger partial charge in [-0.3, -0.25) is 0 Å². The van der Waals surface area contributed by atoms with Crippen molar-refractivity contribution in [2.24, 2.45) is 11.8 Å². The van der Waals surface area contributed by atoms with Crippen molar-refractivity contribution in [1.82, 2.24) is 0 Å². The van der Waals surface area contributed by atoms with E-state index in [1.165, 1.54) is 12.8 Å². The van der Waals surface area contributed by atoms with E-state index in [1.807, 2.05) is 0 Å². The first kappa shape index (κ1) is 14.5. The highest BCUT2D eigenvalue weighted by molar-refractivity contribution is 4.96. The maximum atomic E-state index is 9.82. The normalized spacial score (nSPS) is 30.1. The molecule has 17 heavy (non-hydrogen) atoms. The van der Waals surface area contributed by atoms with Crippen molar-refractivity contribution in [2.45, 2.75) is 70.5 Å². The molecule has 0 aromatic rings. The minimum atomic E-state index is -0.331. The molecule has 1 aliphatic carbocycles. The molecule has 0 aromatic carbocycles. The van der Waals surface area contributed by atoms with E-state index in [2.05, 4.69) is 13.0 Å². The number of aliphatic hydroxyl groups excluding tert-OH is 2. The van der Waals surface area contributed by atoms with Crippen molar-refractivity contribution in [2.75, 3.05) is 0 Å². The van der Waals surface area contributed by atoms with E-state index in [0.29, 0.717) is 0 Å². The highest BCUT2D eigenvalue weighted by Gasteiger charge is 2.34. The van der Waals surface area contributed by atoms with Gasteiger partial charge in [0.2, 0.25) is 0 Å². The molecule has 1 rings (SSSR count). The van der Waals surface area contributed by atoms with E-state index < -0.39 is 0 Å². The average molecular weight is 239 g/mol. The molecule has 3 heteroatoms. The summed E-state index contributed by atoms with van der Waals surface area (Å²) in [5, 5.41) is 28.6. The lowest BCUT2D eigenvalue weighted by molar-refractivity contribution is 0.0943. The molecule has 1 fully saturated rings. The maximum Gasteiger partial charge on any atom is 0.0659 e. The molecule has 0 radical (unpaired) electrons. The molecule has 0 saturated heterocycles. The Labute approximate surface area is 104 Å². The summed E-state index contributed by atoms with van der Waals surface area (Å²) in [7, 11) is 0. The summed E-state index contributed by atoms with van der Waals surface area (Å²) in [6.07, 6.45) is 6.75. The van der Waals surface area contributed by atoms with Crippen LogP contribution in [0.25, 0.3) is 0 Å². The SMILES string of the molecule is CCCCCC(O)CCC1C(O)CCC1C#N. The molecule has 2 N–H and O–H groups in total. The first-order valence-corrected chi connectivity index (χ1v) is 6.94. The minimum absolute atomic E-state index is 0.00663. The fourth-order valence-electron chi connectivity index (χ4n) is 2.76. The lowest BCUT2D eigenvalue weighted by Crippen LogP contribution is -2.20. The monoisotopic (exact) mass is 239 g/mol. The summed E-state index contributed by atoms with van der Waals surface area (Å²) in [5.41, 5.74) is 0. The van der Waals surface area contributed by atoms with Crippen LogP contribution in [-0.4, -0.2) is 22.4 Å². The molecule has 3 nitrogen and oxygen atoms in total. The van der Waals surface area contributed by atoms with Crippen LogP contribution in [0.5, 0.6) is 0 Å². The highest BCUT2D eigenvalue weighted by atomic mass is 16.3. The fraction of sp³-hybridized carbons (Fsp3) is 0.929. The van der Waals surface area contributed by atoms with Gasteiger partial charge in [0.15, 0.2) is 0 Å². The third-order valence-electron chi connectivity index (χ3n) is 3.92. The zero-order valence-electron chi connectivity index (χ0n) is 10.8. The Morgan fingerprint density at radius 1 is 1.29 bits per heavy atom. The fourth-order valence-corrected chi connectivity index (χ4v) is 2.76. The second-order valence-corrected chi connectivity index (χ2v) is 5.27. The summed E-state index contributed by atoms with van der Waals surface area (Å²) < 4.78 is 0. The summed E-state index contributed by atoms with van der Waals surface area (Å²) in [6.45, 7) is 2.15. The van der Waals surface area contributed by atoms with Gasteiger partial charge in [-0.2, -0.15) is 5.26 Å². The Morgan fingerprint density at radius 2 is 2.06 bits per heavy atom. The molecule has 0 aromatic heterocycles. The summed E-state index contributed by atoms with van der Waals surface area (Å²) in [6, 6.07) is 2.28. The second kappa shape index (κ2) is 7.68. The molecule has 0 amide bonds. The maximum absolute atomic E-state index is 9.82. The molecule has 0 heterocycles. The van der Waals surface area contributed by atoms with Gasteiger partial charge in [-0.15, -0.1) is 0 Å². The standard InChI is InChI=1S/C14H25NO2/c1-2-3-4-5-12(16)7-8-13-11(10-15)6-9-14(13)17/h11-14,16-17H,2-9H2,1H3. The molecule has 1 aliphatic rings. The average Bonchev–Trinajstić information content (AvgIpc) is 2.67. The van der Waals surface area contributed by atoms with E-state index in [9.17, 15) is 10.2 Å². The van der Waals surface area contributed by atoms with Crippen LogP contribution in [0.2, 0.25) is 0 Å². The van der Waals surface area contributed by atoms with Crippen LogP contribution in [0.3, 0.4) is 0 Å². The van der Waals surface area contributed by atoms with Gasteiger partial charge in [-0.25, -0.2) is 0 Å². The van der Waals surface area contributed by atoms with Crippen LogP contribution >= 0.6 is 0 Å². The van der Waals surface area contributed by atoms with E-state index in [1.54, 1.807) is 0 Å². The van der Waals surface area contributed by atoms with Crippen LogP contribution in [0.1, 0.15) is 58.3 Å². The zero-order valence-corrected chi connectivity index (χ0v) is 10.8. The van der Waals surface area contributed by atoms with Gasteiger partial charge in [0.1, 0.15) is 0 Å². The van der Waals surface area contributed by atoms with Crippen LogP contribution in [0, 0.1) is 23.2 Å². The number of aliphatic hydroxyl groups is 2. The van der Waals surface area contributed by atoms with Gasteiger partial charge in [0.05, 0.1) is 24.2 Å². The molecule has 1 saturated carbocycles. The van der Waals surface area contributed by atoms with Gasteiger partial charge in [0, 0.05) is 5.92 Å². The number of nitriles is 1. The Hall–Kier alpha value is -0.590. The van der Waals surface area contributed by atoms with Crippen molar-refractivity contribution in [1.29, 1.82) is 5.26 Å². The Kier molecular flexibility index (Phi) is 6.54. The molecule has 0 spiro atoms. The minimum Gasteiger partial charge on any atom is -0.393 e. The summed E-state index contributed by atoms with van der Waals surface area (Å²) in [5.74, 6) is 0.0775. The van der Waals surface area contributed by atoms with E-state index in [-0.39, 0.29) is 24.0 Å². The van der Waals surface area contributed by atoms with Gasteiger partial charge < -0.3 is 10.2 Å². The lowest BCUT2D eigenvalue weighted by atomic mass is 9.89. The number of hydrogen-bond donors (Lipinski definition) is 2. The Balaban J connectivity index is 2.22. The van der Waals surface area contributed by atoms with Crippen LogP contribution in [-0.2, 0) is 0 Å². The second-order valence-electron chi connectivity index (χ2n) is 5.27. The molecule has 0 aliphatic heterocycles. The quantitative estimate of drug-likeness (QED) is 0.671. The van der Waals surface area contributed by atoms with Gasteiger partial charge >= 0.3 is 0 Å². The summed E-state index contributed by atoms with van der Waals surface area (Å²) in [4.78, 5) is 0. The Bertz CT molecular complexity index is 249. The Morgan fingerprint density at radius 3 is 2.71 bits per heavy atom.